The summed E-state index contributed by atoms with van der Waals surface area (Å²) in [6.45, 7) is 0.700. The molecule has 2 heterocycles. The summed E-state index contributed by atoms with van der Waals surface area (Å²) in [5, 5.41) is 0. The van der Waals surface area contributed by atoms with Crippen LogP contribution in [0.2, 0.25) is 0 Å². The van der Waals surface area contributed by atoms with Gasteiger partial charge in [0.05, 0.1) is 0 Å². The molecule has 0 radical (unpaired) electrons. The van der Waals surface area contributed by atoms with E-state index in [1.807, 2.05) is 0 Å². The monoisotopic (exact) mass is 205 g/mol. The summed E-state index contributed by atoms with van der Waals surface area (Å²) < 4.78 is 0. The van der Waals surface area contributed by atoms with Crippen molar-refractivity contribution in [1.82, 2.24) is 9.80 Å². The quantitative estimate of drug-likeness (QED) is 0.491. The van der Waals surface area contributed by atoms with Crippen LogP contribution in [0.4, 0.5) is 0 Å². The van der Waals surface area contributed by atoms with Gasteiger partial charge in [0.2, 0.25) is 11.9 Å². The molecular formula is C10H11N3O2. The number of carbonyl (C=O) groups excluding carboxylic acids is 2. The summed E-state index contributed by atoms with van der Waals surface area (Å²) in [7, 11) is 1.74. The average molecular weight is 205 g/mol. The van der Waals surface area contributed by atoms with E-state index < -0.39 is 0 Å². The fourth-order valence-electron chi connectivity index (χ4n) is 1.78. The standard InChI is InChI=1S/C10H11N3O2/c1-3-7-4-9(15)13(5-7)10-11-8(14)6-12(10)2/h1,7H,4-6H2,2H3. The molecule has 2 rings (SSSR count). The lowest BCUT2D eigenvalue weighted by Crippen LogP contribution is -2.40. The van der Waals surface area contributed by atoms with Crippen LogP contribution >= 0.6 is 0 Å². The van der Waals surface area contributed by atoms with Crippen molar-refractivity contribution in [3.8, 4) is 12.3 Å². The van der Waals surface area contributed by atoms with Gasteiger partial charge in [0.15, 0.2) is 0 Å². The van der Waals surface area contributed by atoms with Gasteiger partial charge in [-0.1, -0.05) is 0 Å². The molecule has 78 valence electrons. The fraction of sp³-hybridized carbons (Fsp3) is 0.500. The zero-order valence-corrected chi connectivity index (χ0v) is 8.43. The highest BCUT2D eigenvalue weighted by Gasteiger charge is 2.35. The molecule has 0 aromatic heterocycles. The molecule has 1 fully saturated rings. The minimum atomic E-state index is -0.218. The second kappa shape index (κ2) is 3.39. The van der Waals surface area contributed by atoms with E-state index in [2.05, 4.69) is 10.9 Å². The number of hydrogen-bond donors (Lipinski definition) is 0. The number of hydrogen-bond acceptors (Lipinski definition) is 3. The molecule has 5 heteroatoms. The Morgan fingerprint density at radius 3 is 2.73 bits per heavy atom. The molecule has 0 spiro atoms. The molecule has 15 heavy (non-hydrogen) atoms. The van der Waals surface area contributed by atoms with Crippen molar-refractivity contribution in [2.45, 2.75) is 6.42 Å². The molecule has 2 aliphatic rings. The molecule has 0 bridgehead atoms. The normalized spacial score (nSPS) is 25.9. The molecule has 1 unspecified atom stereocenters. The smallest absolute Gasteiger partial charge is 0.268 e. The van der Waals surface area contributed by atoms with Gasteiger partial charge in [0, 0.05) is 25.9 Å². The lowest BCUT2D eigenvalue weighted by Gasteiger charge is -2.21. The van der Waals surface area contributed by atoms with Crippen molar-refractivity contribution in [2.24, 2.45) is 10.9 Å². The lowest BCUT2D eigenvalue weighted by atomic mass is 10.1. The third-order valence-electron chi connectivity index (χ3n) is 2.54. The Labute approximate surface area is 87.7 Å². The van der Waals surface area contributed by atoms with Crippen LogP contribution < -0.4 is 0 Å². The van der Waals surface area contributed by atoms with Crippen molar-refractivity contribution in [1.29, 1.82) is 0 Å². The van der Waals surface area contributed by atoms with Crippen LogP contribution in [0, 0.1) is 18.3 Å². The average Bonchev–Trinajstić information content (AvgIpc) is 2.69. The highest BCUT2D eigenvalue weighted by Crippen LogP contribution is 2.19. The van der Waals surface area contributed by atoms with Crippen LogP contribution in [0.25, 0.3) is 0 Å². The number of carbonyl (C=O) groups is 2. The Balaban J connectivity index is 2.19. The van der Waals surface area contributed by atoms with E-state index in [0.29, 0.717) is 18.9 Å². The maximum absolute atomic E-state index is 11.6. The van der Waals surface area contributed by atoms with Crippen molar-refractivity contribution in [3.05, 3.63) is 0 Å². The number of rotatable bonds is 0. The van der Waals surface area contributed by atoms with Gasteiger partial charge in [0.25, 0.3) is 5.91 Å². The molecule has 1 saturated heterocycles. The molecule has 2 aliphatic heterocycles. The highest BCUT2D eigenvalue weighted by molar-refractivity contribution is 6.07. The molecule has 0 saturated carbocycles. The number of aliphatic imine (C=N–C) groups is 1. The molecule has 5 nitrogen and oxygen atoms in total. The van der Waals surface area contributed by atoms with Gasteiger partial charge in [-0.25, -0.2) is 0 Å². The molecular weight excluding hydrogens is 194 g/mol. The Morgan fingerprint density at radius 2 is 2.27 bits per heavy atom. The minimum Gasteiger partial charge on any atom is -0.336 e. The number of likely N-dealkylation sites (N-methyl/N-ethyl adjacent to an activating group) is 1. The third kappa shape index (κ3) is 1.59. The van der Waals surface area contributed by atoms with E-state index in [0.717, 1.165) is 0 Å². The molecule has 0 N–H and O–H groups in total. The predicted molar refractivity (Wildman–Crippen MR) is 53.7 cm³/mol. The molecule has 2 amide bonds. The van der Waals surface area contributed by atoms with E-state index in [1.54, 1.807) is 11.9 Å². The Morgan fingerprint density at radius 1 is 1.53 bits per heavy atom. The zero-order valence-electron chi connectivity index (χ0n) is 8.43. The van der Waals surface area contributed by atoms with Crippen molar-refractivity contribution in [3.63, 3.8) is 0 Å². The van der Waals surface area contributed by atoms with Gasteiger partial charge in [-0.15, -0.1) is 12.3 Å². The van der Waals surface area contributed by atoms with E-state index in [-0.39, 0.29) is 24.3 Å². The fourth-order valence-corrected chi connectivity index (χ4v) is 1.78. The SMILES string of the molecule is C#CC1CC(=O)N(C2=NC(=O)CN2C)C1. The number of terminal acetylenes is 1. The molecule has 0 aromatic carbocycles. The van der Waals surface area contributed by atoms with Gasteiger partial charge in [0.1, 0.15) is 6.54 Å². The highest BCUT2D eigenvalue weighted by atomic mass is 16.2. The van der Waals surface area contributed by atoms with Crippen LogP contribution in [0.3, 0.4) is 0 Å². The van der Waals surface area contributed by atoms with E-state index in [9.17, 15) is 9.59 Å². The first-order valence-electron chi connectivity index (χ1n) is 4.71. The van der Waals surface area contributed by atoms with E-state index in [1.165, 1.54) is 4.90 Å². The number of likely N-dealkylation sites (tertiary alicyclic amines) is 1. The second-order valence-electron chi connectivity index (χ2n) is 3.73. The molecule has 0 aromatic rings. The van der Waals surface area contributed by atoms with Crippen molar-refractivity contribution >= 4 is 17.8 Å². The summed E-state index contributed by atoms with van der Waals surface area (Å²) in [5.74, 6) is 2.65. The third-order valence-corrected chi connectivity index (χ3v) is 2.54. The van der Waals surface area contributed by atoms with Gasteiger partial charge in [-0.2, -0.15) is 4.99 Å². The van der Waals surface area contributed by atoms with E-state index >= 15 is 0 Å². The van der Waals surface area contributed by atoms with Gasteiger partial charge >= 0.3 is 0 Å². The number of nitrogens with zero attached hydrogens (tertiary/aromatic N) is 3. The van der Waals surface area contributed by atoms with Crippen LogP contribution in [-0.4, -0.2) is 47.7 Å². The van der Waals surface area contributed by atoms with Crippen LogP contribution in [0.15, 0.2) is 4.99 Å². The Kier molecular flexibility index (Phi) is 2.19. The largest absolute Gasteiger partial charge is 0.336 e. The van der Waals surface area contributed by atoms with Crippen molar-refractivity contribution < 1.29 is 9.59 Å². The molecule has 1 atom stereocenters. The number of guanidine groups is 1. The summed E-state index contributed by atoms with van der Waals surface area (Å²) >= 11 is 0. The minimum absolute atomic E-state index is 0.0572. The lowest BCUT2D eigenvalue weighted by molar-refractivity contribution is -0.124. The topological polar surface area (TPSA) is 53.0 Å². The first-order chi connectivity index (χ1) is 7.11. The van der Waals surface area contributed by atoms with Crippen LogP contribution in [-0.2, 0) is 9.59 Å². The summed E-state index contributed by atoms with van der Waals surface area (Å²) in [5.41, 5.74) is 0. The summed E-state index contributed by atoms with van der Waals surface area (Å²) in [6.07, 6.45) is 5.61. The zero-order chi connectivity index (χ0) is 11.0. The van der Waals surface area contributed by atoms with Gasteiger partial charge in [-0.05, 0) is 0 Å². The first-order valence-corrected chi connectivity index (χ1v) is 4.71. The predicted octanol–water partition coefficient (Wildman–Crippen LogP) is -0.704. The maximum atomic E-state index is 11.6. The molecule has 0 aliphatic carbocycles. The van der Waals surface area contributed by atoms with Crippen molar-refractivity contribution in [2.75, 3.05) is 20.1 Å². The second-order valence-corrected chi connectivity index (χ2v) is 3.73. The first kappa shape index (κ1) is 9.71. The summed E-state index contributed by atoms with van der Waals surface area (Å²) in [6, 6.07) is 0. The summed E-state index contributed by atoms with van der Waals surface area (Å²) in [4.78, 5) is 29.6. The van der Waals surface area contributed by atoms with Gasteiger partial charge < -0.3 is 4.90 Å². The maximum Gasteiger partial charge on any atom is 0.268 e. The number of amides is 2. The van der Waals surface area contributed by atoms with Crippen LogP contribution in [0.1, 0.15) is 6.42 Å². The van der Waals surface area contributed by atoms with E-state index in [4.69, 9.17) is 6.42 Å². The Hall–Kier alpha value is -1.83. The van der Waals surface area contributed by atoms with Gasteiger partial charge in [-0.3, -0.25) is 14.5 Å². The Bertz CT molecular complexity index is 394. The van der Waals surface area contributed by atoms with Crippen LogP contribution in [0.5, 0.6) is 0 Å².